The van der Waals surface area contributed by atoms with Gasteiger partial charge in [0.1, 0.15) is 6.04 Å². The van der Waals surface area contributed by atoms with E-state index in [-0.39, 0.29) is 16.5 Å². The summed E-state index contributed by atoms with van der Waals surface area (Å²) in [6.45, 7) is -0.00552. The van der Waals surface area contributed by atoms with Crippen LogP contribution in [0.3, 0.4) is 0 Å². The minimum absolute atomic E-state index is 0.180. The van der Waals surface area contributed by atoms with Gasteiger partial charge in [0.15, 0.2) is 6.61 Å². The van der Waals surface area contributed by atoms with Crippen molar-refractivity contribution in [3.63, 3.8) is 0 Å². The summed E-state index contributed by atoms with van der Waals surface area (Å²) in [7, 11) is 1.64. The Morgan fingerprint density at radius 1 is 1.13 bits per heavy atom. The molecule has 0 fully saturated rings. The van der Waals surface area contributed by atoms with Gasteiger partial charge < -0.3 is 15.0 Å². The molecule has 0 saturated carbocycles. The van der Waals surface area contributed by atoms with Crippen molar-refractivity contribution in [2.75, 3.05) is 25.7 Å². The third-order valence-corrected chi connectivity index (χ3v) is 5.59. The standard InChI is InChI=1S/C22H24Cl2N2O4S/c1-26(13-15-6-4-3-5-7-15)20(27)14-30-22(29)19(10-11-31-2)25-21(28)17-9-8-16(23)12-18(17)24/h3-9,12,19H,10-11,13-14H2,1-2H3,(H,25,28). The Bertz CT molecular complexity index is 912. The molecule has 2 rings (SSSR count). The van der Waals surface area contributed by atoms with E-state index in [0.29, 0.717) is 23.7 Å². The summed E-state index contributed by atoms with van der Waals surface area (Å²) in [4.78, 5) is 39.0. The number of carbonyl (C=O) groups excluding carboxylic acids is 3. The monoisotopic (exact) mass is 482 g/mol. The third kappa shape index (κ3) is 8.09. The van der Waals surface area contributed by atoms with Crippen LogP contribution in [0.1, 0.15) is 22.3 Å². The molecule has 166 valence electrons. The number of amides is 2. The molecule has 0 heterocycles. The smallest absolute Gasteiger partial charge is 0.329 e. The number of hydrogen-bond acceptors (Lipinski definition) is 5. The zero-order valence-electron chi connectivity index (χ0n) is 17.3. The highest BCUT2D eigenvalue weighted by atomic mass is 35.5. The van der Waals surface area contributed by atoms with Crippen LogP contribution in [0.5, 0.6) is 0 Å². The van der Waals surface area contributed by atoms with Crippen LogP contribution in [0.4, 0.5) is 0 Å². The summed E-state index contributed by atoms with van der Waals surface area (Å²) < 4.78 is 5.20. The summed E-state index contributed by atoms with van der Waals surface area (Å²) in [5.41, 5.74) is 1.17. The van der Waals surface area contributed by atoms with Gasteiger partial charge in [-0.3, -0.25) is 9.59 Å². The fourth-order valence-electron chi connectivity index (χ4n) is 2.68. The van der Waals surface area contributed by atoms with Crippen molar-refractivity contribution in [3.05, 3.63) is 69.7 Å². The van der Waals surface area contributed by atoms with Gasteiger partial charge in [-0.25, -0.2) is 4.79 Å². The number of halogens is 2. The number of esters is 1. The number of benzene rings is 2. The summed E-state index contributed by atoms with van der Waals surface area (Å²) >= 11 is 13.5. The maximum atomic E-state index is 12.6. The van der Waals surface area contributed by atoms with Crippen LogP contribution >= 0.6 is 35.0 Å². The van der Waals surface area contributed by atoms with Crippen LogP contribution < -0.4 is 5.32 Å². The van der Waals surface area contributed by atoms with Crippen LogP contribution in [0.15, 0.2) is 48.5 Å². The lowest BCUT2D eigenvalue weighted by atomic mass is 10.1. The second kappa shape index (κ2) is 12.6. The predicted octanol–water partition coefficient (Wildman–Crippen LogP) is 4.05. The van der Waals surface area contributed by atoms with Gasteiger partial charge >= 0.3 is 5.97 Å². The molecule has 0 radical (unpaired) electrons. The van der Waals surface area contributed by atoms with E-state index >= 15 is 0 Å². The molecule has 0 aliphatic heterocycles. The Balaban J connectivity index is 1.95. The highest BCUT2D eigenvalue weighted by molar-refractivity contribution is 7.98. The molecular formula is C22H24Cl2N2O4S. The van der Waals surface area contributed by atoms with E-state index in [2.05, 4.69) is 5.32 Å². The quantitative estimate of drug-likeness (QED) is 0.517. The van der Waals surface area contributed by atoms with Gasteiger partial charge in [-0.05, 0) is 42.2 Å². The first-order valence-electron chi connectivity index (χ1n) is 9.51. The number of ether oxygens (including phenoxy) is 1. The van der Waals surface area contributed by atoms with Crippen LogP contribution in [0, 0.1) is 0 Å². The fraction of sp³-hybridized carbons (Fsp3) is 0.318. The molecule has 9 heteroatoms. The van der Waals surface area contributed by atoms with Gasteiger partial charge in [0.2, 0.25) is 0 Å². The van der Waals surface area contributed by atoms with Gasteiger partial charge in [-0.2, -0.15) is 11.8 Å². The topological polar surface area (TPSA) is 75.7 Å². The van der Waals surface area contributed by atoms with E-state index < -0.39 is 24.5 Å². The molecule has 1 N–H and O–H groups in total. The molecule has 1 atom stereocenters. The maximum Gasteiger partial charge on any atom is 0.329 e. The SMILES string of the molecule is CSCCC(NC(=O)c1ccc(Cl)cc1Cl)C(=O)OCC(=O)N(C)Cc1ccccc1. The van der Waals surface area contributed by atoms with Gasteiger partial charge in [0.25, 0.3) is 11.8 Å². The Labute approximate surface area is 196 Å². The van der Waals surface area contributed by atoms with Gasteiger partial charge in [0.05, 0.1) is 10.6 Å². The number of carbonyl (C=O) groups is 3. The number of likely N-dealkylation sites (N-methyl/N-ethyl adjacent to an activating group) is 1. The highest BCUT2D eigenvalue weighted by Crippen LogP contribution is 2.21. The molecule has 2 amide bonds. The molecule has 2 aromatic carbocycles. The lowest BCUT2D eigenvalue weighted by Crippen LogP contribution is -2.43. The summed E-state index contributed by atoms with van der Waals surface area (Å²) in [6.07, 6.45) is 2.24. The molecule has 0 aromatic heterocycles. The number of thioether (sulfide) groups is 1. The zero-order chi connectivity index (χ0) is 22.8. The summed E-state index contributed by atoms with van der Waals surface area (Å²) in [5.74, 6) is -0.907. The van der Waals surface area contributed by atoms with Crippen molar-refractivity contribution >= 4 is 52.7 Å². The minimum atomic E-state index is -0.904. The van der Waals surface area contributed by atoms with E-state index in [4.69, 9.17) is 27.9 Å². The van der Waals surface area contributed by atoms with E-state index in [1.165, 1.54) is 28.8 Å². The van der Waals surface area contributed by atoms with Crippen LogP contribution in [0.25, 0.3) is 0 Å². The van der Waals surface area contributed by atoms with Crippen molar-refractivity contribution in [3.8, 4) is 0 Å². The van der Waals surface area contributed by atoms with Crippen LogP contribution in [0.2, 0.25) is 10.0 Å². The molecule has 1 unspecified atom stereocenters. The molecule has 0 aliphatic carbocycles. The fourth-order valence-corrected chi connectivity index (χ4v) is 3.65. The van der Waals surface area contributed by atoms with Crippen LogP contribution in [-0.4, -0.2) is 54.4 Å². The number of nitrogens with zero attached hydrogens (tertiary/aromatic N) is 1. The van der Waals surface area contributed by atoms with Crippen molar-refractivity contribution in [1.82, 2.24) is 10.2 Å². The number of nitrogens with one attached hydrogen (secondary N) is 1. The third-order valence-electron chi connectivity index (χ3n) is 4.40. The molecule has 0 spiro atoms. The second-order valence-electron chi connectivity index (χ2n) is 6.77. The first-order valence-corrected chi connectivity index (χ1v) is 11.7. The lowest BCUT2D eigenvalue weighted by molar-refractivity contribution is -0.153. The predicted molar refractivity (Wildman–Crippen MR) is 125 cm³/mol. The summed E-state index contributed by atoms with van der Waals surface area (Å²) in [6, 6.07) is 13.1. The summed E-state index contributed by atoms with van der Waals surface area (Å²) in [5, 5.41) is 3.22. The Morgan fingerprint density at radius 3 is 2.48 bits per heavy atom. The molecule has 0 aliphatic rings. The molecule has 0 bridgehead atoms. The van der Waals surface area contributed by atoms with Gasteiger partial charge in [-0.1, -0.05) is 53.5 Å². The lowest BCUT2D eigenvalue weighted by Gasteiger charge is -2.20. The molecule has 31 heavy (non-hydrogen) atoms. The first-order chi connectivity index (χ1) is 14.8. The normalized spacial score (nSPS) is 11.5. The average molecular weight is 483 g/mol. The molecule has 0 saturated heterocycles. The molecule has 6 nitrogen and oxygen atoms in total. The zero-order valence-corrected chi connectivity index (χ0v) is 19.6. The first kappa shape index (κ1) is 25.0. The van der Waals surface area contributed by atoms with Crippen molar-refractivity contribution in [2.24, 2.45) is 0 Å². The van der Waals surface area contributed by atoms with Gasteiger partial charge in [0, 0.05) is 18.6 Å². The van der Waals surface area contributed by atoms with Crippen LogP contribution in [-0.2, 0) is 20.9 Å². The largest absolute Gasteiger partial charge is 0.454 e. The van der Waals surface area contributed by atoms with E-state index in [9.17, 15) is 14.4 Å². The Morgan fingerprint density at radius 2 is 1.84 bits per heavy atom. The Hall–Kier alpha value is -2.22. The van der Waals surface area contributed by atoms with E-state index in [1.54, 1.807) is 13.1 Å². The second-order valence-corrected chi connectivity index (χ2v) is 8.60. The van der Waals surface area contributed by atoms with Crippen molar-refractivity contribution in [2.45, 2.75) is 19.0 Å². The van der Waals surface area contributed by atoms with E-state index in [0.717, 1.165) is 5.56 Å². The maximum absolute atomic E-state index is 12.6. The number of hydrogen-bond donors (Lipinski definition) is 1. The molecule has 2 aromatic rings. The van der Waals surface area contributed by atoms with Crippen molar-refractivity contribution < 1.29 is 19.1 Å². The van der Waals surface area contributed by atoms with Crippen molar-refractivity contribution in [1.29, 1.82) is 0 Å². The number of rotatable bonds is 10. The highest BCUT2D eigenvalue weighted by Gasteiger charge is 2.25. The minimum Gasteiger partial charge on any atom is -0.454 e. The van der Waals surface area contributed by atoms with Gasteiger partial charge in [-0.15, -0.1) is 0 Å². The Kier molecular flexibility index (Phi) is 10.2. The van der Waals surface area contributed by atoms with E-state index in [1.807, 2.05) is 36.6 Å². The average Bonchev–Trinajstić information content (AvgIpc) is 2.75. The molecular weight excluding hydrogens is 459 g/mol.